The van der Waals surface area contributed by atoms with Gasteiger partial charge in [0.25, 0.3) is 5.91 Å². The SMILES string of the molecule is CC(C)[NH2+]C1=C(C(=N)C(N)=O)CN(c2ncc(-c3nccn3C)cn2)CC1C. The zero-order valence-electron chi connectivity index (χ0n) is 16.7. The summed E-state index contributed by atoms with van der Waals surface area (Å²) in [5.74, 6) is 0.764. The van der Waals surface area contributed by atoms with Crippen LogP contribution in [0.2, 0.25) is 0 Å². The third-order valence-corrected chi connectivity index (χ3v) is 4.78. The van der Waals surface area contributed by atoms with Gasteiger partial charge in [-0.3, -0.25) is 10.2 Å². The van der Waals surface area contributed by atoms with Gasteiger partial charge in [0.2, 0.25) is 5.95 Å². The average molecular weight is 383 g/mol. The number of aryl methyl sites for hydroxylation is 1. The van der Waals surface area contributed by atoms with E-state index < -0.39 is 5.91 Å². The highest BCUT2D eigenvalue weighted by Gasteiger charge is 2.33. The molecule has 2 aromatic heterocycles. The molecule has 0 fully saturated rings. The van der Waals surface area contributed by atoms with Gasteiger partial charge in [0.05, 0.1) is 23.7 Å². The Morgan fingerprint density at radius 1 is 1.32 bits per heavy atom. The highest BCUT2D eigenvalue weighted by Crippen LogP contribution is 2.24. The minimum absolute atomic E-state index is 0.128. The normalized spacial score (nSPS) is 17.3. The van der Waals surface area contributed by atoms with Crippen molar-refractivity contribution in [3.63, 3.8) is 0 Å². The summed E-state index contributed by atoms with van der Waals surface area (Å²) in [5.41, 5.74) is 7.75. The monoisotopic (exact) mass is 383 g/mol. The standard InChI is InChI=1S/C19H26N8O/c1-11(2)25-16-12(3)9-27(10-14(16)15(20)17(21)28)19-23-7-13(8-24-19)18-22-5-6-26(18)4/h5-8,11-12,20,25H,9-10H2,1-4H3,(H2,21,28)/p+1. The van der Waals surface area contributed by atoms with E-state index in [1.165, 1.54) is 0 Å². The number of imidazole rings is 1. The van der Waals surface area contributed by atoms with Crippen LogP contribution >= 0.6 is 0 Å². The van der Waals surface area contributed by atoms with Gasteiger partial charge >= 0.3 is 0 Å². The fourth-order valence-electron chi connectivity index (χ4n) is 3.47. The van der Waals surface area contributed by atoms with Gasteiger partial charge in [-0.05, 0) is 13.8 Å². The average Bonchev–Trinajstić information content (AvgIpc) is 3.08. The van der Waals surface area contributed by atoms with Crippen LogP contribution in [-0.4, -0.2) is 50.3 Å². The van der Waals surface area contributed by atoms with E-state index in [9.17, 15) is 4.79 Å². The third kappa shape index (κ3) is 3.94. The van der Waals surface area contributed by atoms with E-state index in [4.69, 9.17) is 11.1 Å². The number of amides is 1. The van der Waals surface area contributed by atoms with Crippen LogP contribution in [0.15, 0.2) is 36.1 Å². The molecular weight excluding hydrogens is 356 g/mol. The number of primary amides is 1. The lowest BCUT2D eigenvalue weighted by Gasteiger charge is -2.33. The molecule has 5 N–H and O–H groups in total. The number of hydrogen-bond acceptors (Lipinski definition) is 6. The second kappa shape index (κ2) is 7.89. The predicted octanol–water partition coefficient (Wildman–Crippen LogP) is 0.0642. The molecule has 1 aliphatic rings. The number of aromatic nitrogens is 4. The summed E-state index contributed by atoms with van der Waals surface area (Å²) in [7, 11) is 1.92. The van der Waals surface area contributed by atoms with Crippen molar-refractivity contribution in [2.75, 3.05) is 18.0 Å². The van der Waals surface area contributed by atoms with Crippen LogP contribution in [0, 0.1) is 11.3 Å². The van der Waals surface area contributed by atoms with E-state index in [1.807, 2.05) is 22.7 Å². The van der Waals surface area contributed by atoms with Crippen LogP contribution in [0.5, 0.6) is 0 Å². The highest BCUT2D eigenvalue weighted by atomic mass is 16.1. The second-order valence-electron chi connectivity index (χ2n) is 7.50. The molecule has 0 saturated carbocycles. The van der Waals surface area contributed by atoms with Crippen molar-refractivity contribution in [1.82, 2.24) is 19.5 Å². The van der Waals surface area contributed by atoms with Crippen LogP contribution in [0.3, 0.4) is 0 Å². The number of anilines is 1. The molecule has 2 aromatic rings. The van der Waals surface area contributed by atoms with Gasteiger partial charge in [-0.25, -0.2) is 15.0 Å². The van der Waals surface area contributed by atoms with E-state index in [1.54, 1.807) is 18.6 Å². The van der Waals surface area contributed by atoms with Crippen molar-refractivity contribution in [2.45, 2.75) is 26.8 Å². The number of nitrogens with two attached hydrogens (primary N) is 2. The highest BCUT2D eigenvalue weighted by molar-refractivity contribution is 6.43. The maximum absolute atomic E-state index is 11.7. The van der Waals surface area contributed by atoms with Gasteiger partial charge < -0.3 is 20.5 Å². The Balaban J connectivity index is 1.90. The molecular formula is C19H27N8O+. The Morgan fingerprint density at radius 3 is 2.54 bits per heavy atom. The Labute approximate surface area is 164 Å². The van der Waals surface area contributed by atoms with Crippen molar-refractivity contribution in [2.24, 2.45) is 18.7 Å². The van der Waals surface area contributed by atoms with E-state index in [0.29, 0.717) is 30.7 Å². The second-order valence-corrected chi connectivity index (χ2v) is 7.50. The topological polar surface area (TPSA) is 130 Å². The molecule has 0 saturated heterocycles. The van der Waals surface area contributed by atoms with Crippen molar-refractivity contribution < 1.29 is 10.1 Å². The number of quaternary nitrogens is 1. The first-order valence-electron chi connectivity index (χ1n) is 9.29. The zero-order chi connectivity index (χ0) is 20.4. The summed E-state index contributed by atoms with van der Waals surface area (Å²) in [6.45, 7) is 7.33. The molecule has 1 unspecified atom stereocenters. The molecule has 1 amide bonds. The van der Waals surface area contributed by atoms with Crippen LogP contribution < -0.4 is 16.0 Å². The van der Waals surface area contributed by atoms with E-state index in [-0.39, 0.29) is 11.6 Å². The maximum Gasteiger partial charge on any atom is 0.267 e. The molecule has 3 rings (SSSR count). The molecule has 0 radical (unpaired) electrons. The van der Waals surface area contributed by atoms with Crippen molar-refractivity contribution in [3.8, 4) is 11.4 Å². The molecule has 0 aromatic carbocycles. The lowest BCUT2D eigenvalue weighted by atomic mass is 9.93. The summed E-state index contributed by atoms with van der Waals surface area (Å²) in [5, 5.41) is 10.3. The summed E-state index contributed by atoms with van der Waals surface area (Å²) >= 11 is 0. The molecule has 1 atom stereocenters. The largest absolute Gasteiger partial charge is 0.364 e. The quantitative estimate of drug-likeness (QED) is 0.608. The zero-order valence-corrected chi connectivity index (χ0v) is 16.7. The van der Waals surface area contributed by atoms with Gasteiger partial charge in [0.1, 0.15) is 17.2 Å². The van der Waals surface area contributed by atoms with Gasteiger partial charge in [-0.2, -0.15) is 0 Å². The van der Waals surface area contributed by atoms with Crippen molar-refractivity contribution in [3.05, 3.63) is 36.1 Å². The Bertz CT molecular complexity index is 912. The maximum atomic E-state index is 11.7. The minimum atomic E-state index is -0.718. The lowest BCUT2D eigenvalue weighted by molar-refractivity contribution is -0.642. The predicted molar refractivity (Wildman–Crippen MR) is 107 cm³/mol. The van der Waals surface area contributed by atoms with Crippen LogP contribution in [0.4, 0.5) is 5.95 Å². The molecule has 28 heavy (non-hydrogen) atoms. The fourth-order valence-corrected chi connectivity index (χ4v) is 3.47. The van der Waals surface area contributed by atoms with Gasteiger partial charge in [-0.1, -0.05) is 6.92 Å². The molecule has 9 heteroatoms. The number of carbonyl (C=O) groups is 1. The summed E-state index contributed by atoms with van der Waals surface area (Å²) < 4.78 is 1.91. The van der Waals surface area contributed by atoms with Crippen molar-refractivity contribution in [1.29, 1.82) is 5.41 Å². The molecule has 0 bridgehead atoms. The first kappa shape index (κ1) is 19.7. The smallest absolute Gasteiger partial charge is 0.267 e. The fraction of sp³-hybridized carbons (Fsp3) is 0.421. The molecule has 0 spiro atoms. The number of nitrogens with zero attached hydrogens (tertiary/aromatic N) is 5. The first-order valence-corrected chi connectivity index (χ1v) is 9.29. The molecule has 148 valence electrons. The summed E-state index contributed by atoms with van der Waals surface area (Å²) in [4.78, 5) is 27.0. The Kier molecular flexibility index (Phi) is 5.55. The summed E-state index contributed by atoms with van der Waals surface area (Å²) in [6, 6.07) is 0.313. The van der Waals surface area contributed by atoms with Crippen LogP contribution in [0.1, 0.15) is 20.8 Å². The number of rotatable bonds is 6. The van der Waals surface area contributed by atoms with Crippen molar-refractivity contribution >= 4 is 17.6 Å². The molecule has 9 nitrogen and oxygen atoms in total. The number of nitrogens with one attached hydrogen (secondary N) is 1. The summed E-state index contributed by atoms with van der Waals surface area (Å²) in [6.07, 6.45) is 7.09. The molecule has 3 heterocycles. The molecule has 0 aliphatic carbocycles. The first-order chi connectivity index (χ1) is 13.3. The third-order valence-electron chi connectivity index (χ3n) is 4.78. The lowest BCUT2D eigenvalue weighted by Crippen LogP contribution is -2.88. The number of hydrogen-bond donors (Lipinski definition) is 3. The number of carbonyl (C=O) groups excluding carboxylic acids is 1. The Hall–Kier alpha value is -3.07. The van der Waals surface area contributed by atoms with Crippen LogP contribution in [-0.2, 0) is 11.8 Å². The Morgan fingerprint density at radius 2 is 2.00 bits per heavy atom. The van der Waals surface area contributed by atoms with E-state index in [0.717, 1.165) is 17.1 Å². The van der Waals surface area contributed by atoms with Gasteiger partial charge in [-0.15, -0.1) is 0 Å². The van der Waals surface area contributed by atoms with Gasteiger partial charge in [0, 0.05) is 44.3 Å². The van der Waals surface area contributed by atoms with Crippen LogP contribution in [0.25, 0.3) is 11.4 Å². The minimum Gasteiger partial charge on any atom is -0.364 e. The molecule has 1 aliphatic heterocycles. The van der Waals surface area contributed by atoms with Gasteiger partial charge in [0.15, 0.2) is 0 Å². The van der Waals surface area contributed by atoms with E-state index >= 15 is 0 Å². The van der Waals surface area contributed by atoms with E-state index in [2.05, 4.69) is 41.0 Å².